The topological polar surface area (TPSA) is 40.6 Å². The van der Waals surface area contributed by atoms with Crippen LogP contribution in [-0.2, 0) is 0 Å². The fourth-order valence-electron chi connectivity index (χ4n) is 4.00. The summed E-state index contributed by atoms with van der Waals surface area (Å²) in [7, 11) is 0. The molecule has 2 aliphatic heterocycles. The van der Waals surface area contributed by atoms with Gasteiger partial charge in [0.05, 0.1) is 4.87 Å². The summed E-state index contributed by atoms with van der Waals surface area (Å²) in [4.78, 5) is 29.7. The second-order valence-corrected chi connectivity index (χ2v) is 9.79. The molecule has 28 heavy (non-hydrogen) atoms. The summed E-state index contributed by atoms with van der Waals surface area (Å²) in [6, 6.07) is 15.3. The van der Waals surface area contributed by atoms with Crippen molar-refractivity contribution in [2.24, 2.45) is 0 Å². The van der Waals surface area contributed by atoms with Gasteiger partial charge in [-0.2, -0.15) is 0 Å². The number of rotatable bonds is 2. The van der Waals surface area contributed by atoms with Crippen LogP contribution in [0.25, 0.3) is 0 Å². The number of likely N-dealkylation sites (tertiary alicyclic amines) is 1. The predicted molar refractivity (Wildman–Crippen MR) is 117 cm³/mol. The smallest absolute Gasteiger partial charge is 0.254 e. The van der Waals surface area contributed by atoms with E-state index in [0.29, 0.717) is 18.7 Å². The van der Waals surface area contributed by atoms with Crippen LogP contribution in [-0.4, -0.2) is 51.9 Å². The van der Waals surface area contributed by atoms with Gasteiger partial charge in [-0.15, -0.1) is 11.8 Å². The van der Waals surface area contributed by atoms with Gasteiger partial charge in [0.15, 0.2) is 0 Å². The highest BCUT2D eigenvalue weighted by Gasteiger charge is 2.47. The average molecular weight is 459 g/mol. The van der Waals surface area contributed by atoms with Crippen LogP contribution in [0.5, 0.6) is 0 Å². The lowest BCUT2D eigenvalue weighted by Crippen LogP contribution is -2.53. The first-order valence-corrected chi connectivity index (χ1v) is 11.3. The van der Waals surface area contributed by atoms with Crippen molar-refractivity contribution in [3.63, 3.8) is 0 Å². The second-order valence-electron chi connectivity index (χ2n) is 7.42. The van der Waals surface area contributed by atoms with E-state index in [4.69, 9.17) is 0 Å². The van der Waals surface area contributed by atoms with Crippen LogP contribution in [0.15, 0.2) is 53.0 Å². The largest absolute Gasteiger partial charge is 0.338 e. The zero-order valence-electron chi connectivity index (χ0n) is 15.9. The van der Waals surface area contributed by atoms with Gasteiger partial charge < -0.3 is 9.80 Å². The molecule has 2 aromatic rings. The zero-order chi connectivity index (χ0) is 19.7. The fourth-order valence-corrected chi connectivity index (χ4v) is 5.72. The number of benzene rings is 2. The third kappa shape index (κ3) is 3.72. The van der Waals surface area contributed by atoms with Crippen molar-refractivity contribution in [3.05, 3.63) is 69.7 Å². The van der Waals surface area contributed by atoms with Crippen molar-refractivity contribution >= 4 is 39.5 Å². The van der Waals surface area contributed by atoms with Gasteiger partial charge >= 0.3 is 0 Å². The number of thioether (sulfide) groups is 1. The minimum absolute atomic E-state index is 0.0711. The molecule has 6 heteroatoms. The number of piperidine rings is 1. The van der Waals surface area contributed by atoms with E-state index in [0.717, 1.165) is 40.7 Å². The van der Waals surface area contributed by atoms with Crippen molar-refractivity contribution in [3.8, 4) is 0 Å². The molecule has 1 spiro atoms. The van der Waals surface area contributed by atoms with Crippen molar-refractivity contribution in [2.75, 3.05) is 25.4 Å². The van der Waals surface area contributed by atoms with Crippen molar-refractivity contribution in [1.82, 2.24) is 9.80 Å². The number of halogens is 1. The third-order valence-electron chi connectivity index (χ3n) is 5.64. The Bertz CT molecular complexity index is 874. The monoisotopic (exact) mass is 458 g/mol. The van der Waals surface area contributed by atoms with Crippen molar-refractivity contribution in [2.45, 2.75) is 24.6 Å². The molecule has 4 rings (SSSR count). The molecule has 0 bridgehead atoms. The number of nitrogens with zero attached hydrogens (tertiary/aromatic N) is 2. The Morgan fingerprint density at radius 3 is 2.11 bits per heavy atom. The van der Waals surface area contributed by atoms with Gasteiger partial charge in [0, 0.05) is 41.0 Å². The molecule has 2 aliphatic rings. The van der Waals surface area contributed by atoms with Crippen LogP contribution in [0, 0.1) is 6.92 Å². The van der Waals surface area contributed by atoms with Crippen LogP contribution >= 0.6 is 27.7 Å². The number of hydrogen-bond donors (Lipinski definition) is 0. The Morgan fingerprint density at radius 1 is 0.893 bits per heavy atom. The molecule has 0 aromatic heterocycles. The maximum Gasteiger partial charge on any atom is 0.254 e. The summed E-state index contributed by atoms with van der Waals surface area (Å²) in [6.07, 6.45) is 1.63. The van der Waals surface area contributed by atoms with Crippen molar-refractivity contribution in [1.29, 1.82) is 0 Å². The maximum absolute atomic E-state index is 13.1. The molecule has 2 heterocycles. The number of hydrogen-bond acceptors (Lipinski definition) is 3. The summed E-state index contributed by atoms with van der Waals surface area (Å²) >= 11 is 5.28. The fraction of sp³-hybridized carbons (Fsp3) is 0.364. The van der Waals surface area contributed by atoms with Gasteiger partial charge in [0.2, 0.25) is 0 Å². The summed E-state index contributed by atoms with van der Waals surface area (Å²) in [5, 5.41) is 0. The molecule has 146 valence electrons. The van der Waals surface area contributed by atoms with Crippen LogP contribution in [0.4, 0.5) is 0 Å². The molecule has 2 fully saturated rings. The molecule has 0 N–H and O–H groups in total. The Balaban J connectivity index is 1.46. The number of carbonyl (C=O) groups excluding carboxylic acids is 2. The minimum Gasteiger partial charge on any atom is -0.338 e. The molecule has 0 saturated carbocycles. The Morgan fingerprint density at radius 2 is 1.46 bits per heavy atom. The third-order valence-corrected chi connectivity index (χ3v) is 7.73. The maximum atomic E-state index is 13.1. The summed E-state index contributed by atoms with van der Waals surface area (Å²) in [5.74, 6) is 1.14. The standard InChI is InChI=1S/C22H23BrN2O2S/c1-16-2-4-18(5-3-16)21(27)25-14-15-28-22(25)10-12-24(13-11-22)20(26)17-6-8-19(23)9-7-17/h2-9H,10-15H2,1H3. The highest BCUT2D eigenvalue weighted by atomic mass is 79.9. The molecule has 4 nitrogen and oxygen atoms in total. The average Bonchev–Trinajstić information content (AvgIpc) is 3.11. The molecular weight excluding hydrogens is 436 g/mol. The molecule has 2 aromatic carbocycles. The second kappa shape index (κ2) is 7.91. The highest BCUT2D eigenvalue weighted by molar-refractivity contribution is 9.10. The van der Waals surface area contributed by atoms with Crippen molar-refractivity contribution < 1.29 is 9.59 Å². The van der Waals surface area contributed by atoms with E-state index in [-0.39, 0.29) is 16.7 Å². The molecule has 0 radical (unpaired) electrons. The first-order valence-electron chi connectivity index (χ1n) is 9.56. The quantitative estimate of drug-likeness (QED) is 0.660. The Kier molecular flexibility index (Phi) is 5.52. The van der Waals surface area contributed by atoms with Crippen LogP contribution in [0.1, 0.15) is 39.1 Å². The Hall–Kier alpha value is -1.79. The van der Waals surface area contributed by atoms with Gasteiger partial charge in [-0.05, 0) is 56.2 Å². The normalized spacial score (nSPS) is 18.5. The van der Waals surface area contributed by atoms with Gasteiger partial charge in [0.25, 0.3) is 11.8 Å². The van der Waals surface area contributed by atoms with Gasteiger partial charge in [-0.1, -0.05) is 33.6 Å². The van der Waals surface area contributed by atoms with E-state index in [2.05, 4.69) is 15.9 Å². The van der Waals surface area contributed by atoms with Gasteiger partial charge in [0.1, 0.15) is 0 Å². The molecular formula is C22H23BrN2O2S. The summed E-state index contributed by atoms with van der Waals surface area (Å²) in [5.41, 5.74) is 2.62. The lowest BCUT2D eigenvalue weighted by Gasteiger charge is -2.44. The molecule has 2 amide bonds. The number of aryl methyl sites for hydroxylation is 1. The highest BCUT2D eigenvalue weighted by Crippen LogP contribution is 2.44. The minimum atomic E-state index is -0.182. The summed E-state index contributed by atoms with van der Waals surface area (Å²) in [6.45, 7) is 4.16. The first kappa shape index (κ1) is 19.5. The van der Waals surface area contributed by atoms with Gasteiger partial charge in [-0.25, -0.2) is 0 Å². The van der Waals surface area contributed by atoms with E-state index >= 15 is 0 Å². The van der Waals surface area contributed by atoms with E-state index in [9.17, 15) is 9.59 Å². The van der Waals surface area contributed by atoms with E-state index in [1.165, 1.54) is 0 Å². The molecule has 2 saturated heterocycles. The van der Waals surface area contributed by atoms with E-state index in [1.807, 2.05) is 77.0 Å². The van der Waals surface area contributed by atoms with E-state index in [1.54, 1.807) is 0 Å². The first-order chi connectivity index (χ1) is 13.5. The van der Waals surface area contributed by atoms with E-state index < -0.39 is 0 Å². The number of carbonyl (C=O) groups is 2. The number of amides is 2. The lowest BCUT2D eigenvalue weighted by atomic mass is 10.00. The van der Waals surface area contributed by atoms with Crippen LogP contribution in [0.3, 0.4) is 0 Å². The van der Waals surface area contributed by atoms with Gasteiger partial charge in [-0.3, -0.25) is 9.59 Å². The van der Waals surface area contributed by atoms with Crippen LogP contribution < -0.4 is 0 Å². The SMILES string of the molecule is Cc1ccc(C(=O)N2CCSC23CCN(C(=O)c2ccc(Br)cc2)CC3)cc1. The summed E-state index contributed by atoms with van der Waals surface area (Å²) < 4.78 is 0.967. The molecule has 0 atom stereocenters. The lowest BCUT2D eigenvalue weighted by molar-refractivity contribution is 0.0498. The molecule has 0 unspecified atom stereocenters. The predicted octanol–water partition coefficient (Wildman–Crippen LogP) is 4.58. The molecule has 0 aliphatic carbocycles. The zero-order valence-corrected chi connectivity index (χ0v) is 18.3. The van der Waals surface area contributed by atoms with Crippen LogP contribution in [0.2, 0.25) is 0 Å². The Labute approximate surface area is 178 Å².